The van der Waals surface area contributed by atoms with Gasteiger partial charge >= 0.3 is 11.9 Å². The van der Waals surface area contributed by atoms with Gasteiger partial charge in [0.1, 0.15) is 17.3 Å². The lowest BCUT2D eigenvalue weighted by Gasteiger charge is -2.12. The molecule has 120 valence electrons. The second-order valence-electron chi connectivity index (χ2n) is 4.43. The molecule has 22 heavy (non-hydrogen) atoms. The molecule has 0 unspecified atom stereocenters. The maximum absolute atomic E-state index is 12.4. The van der Waals surface area contributed by atoms with Crippen LogP contribution in [0.15, 0.2) is 23.0 Å². The molecule has 0 aliphatic heterocycles. The number of aromatic nitrogens is 3. The summed E-state index contributed by atoms with van der Waals surface area (Å²) < 4.78 is 48.4. The SMILES string of the molecule is COc1ccc(OC)c(-n2c(CCC(F)(F)F)n[nH]c2=O)c1. The maximum Gasteiger partial charge on any atom is 0.389 e. The van der Waals surface area contributed by atoms with Gasteiger partial charge in [-0.2, -0.15) is 18.3 Å². The van der Waals surface area contributed by atoms with Crippen molar-refractivity contribution >= 4 is 0 Å². The zero-order chi connectivity index (χ0) is 16.3. The second-order valence-corrected chi connectivity index (χ2v) is 4.43. The molecule has 1 aromatic heterocycles. The third kappa shape index (κ3) is 3.41. The van der Waals surface area contributed by atoms with Gasteiger partial charge in [0, 0.05) is 12.5 Å². The quantitative estimate of drug-likeness (QED) is 0.916. The van der Waals surface area contributed by atoms with Crippen LogP contribution in [0.1, 0.15) is 12.2 Å². The number of benzene rings is 1. The van der Waals surface area contributed by atoms with Gasteiger partial charge in [-0.3, -0.25) is 0 Å². The topological polar surface area (TPSA) is 69.1 Å². The molecule has 0 spiro atoms. The highest BCUT2D eigenvalue weighted by atomic mass is 19.4. The van der Waals surface area contributed by atoms with E-state index in [2.05, 4.69) is 10.2 Å². The largest absolute Gasteiger partial charge is 0.497 e. The molecule has 2 rings (SSSR count). The number of methoxy groups -OCH3 is 2. The number of nitrogens with one attached hydrogen (secondary N) is 1. The molecule has 1 aromatic carbocycles. The summed E-state index contributed by atoms with van der Waals surface area (Å²) in [4.78, 5) is 11.9. The number of hydrogen-bond donors (Lipinski definition) is 1. The molecule has 0 bridgehead atoms. The lowest BCUT2D eigenvalue weighted by atomic mass is 10.2. The van der Waals surface area contributed by atoms with E-state index >= 15 is 0 Å². The minimum absolute atomic E-state index is 0.0334. The molecule has 2 aromatic rings. The van der Waals surface area contributed by atoms with Gasteiger partial charge < -0.3 is 9.47 Å². The molecule has 1 heterocycles. The third-order valence-corrected chi connectivity index (χ3v) is 3.00. The summed E-state index contributed by atoms with van der Waals surface area (Å²) in [7, 11) is 2.83. The fraction of sp³-hybridized carbons (Fsp3) is 0.385. The first-order valence-corrected chi connectivity index (χ1v) is 6.31. The number of aromatic amines is 1. The molecule has 9 heteroatoms. The second kappa shape index (κ2) is 6.12. The highest BCUT2D eigenvalue weighted by Crippen LogP contribution is 2.28. The predicted octanol–water partition coefficient (Wildman–Crippen LogP) is 2.07. The van der Waals surface area contributed by atoms with Gasteiger partial charge in [0.2, 0.25) is 0 Å². The Morgan fingerprint density at radius 3 is 2.59 bits per heavy atom. The first kappa shape index (κ1) is 15.9. The molecule has 0 saturated heterocycles. The van der Waals surface area contributed by atoms with Gasteiger partial charge in [-0.15, -0.1) is 0 Å². The van der Waals surface area contributed by atoms with Crippen LogP contribution in [0.3, 0.4) is 0 Å². The zero-order valence-electron chi connectivity index (χ0n) is 11.9. The highest BCUT2D eigenvalue weighted by molar-refractivity contribution is 5.51. The lowest BCUT2D eigenvalue weighted by Crippen LogP contribution is -2.19. The maximum atomic E-state index is 12.4. The molecule has 0 saturated carbocycles. The standard InChI is InChI=1S/C13H14F3N3O3/c1-21-8-3-4-10(22-2)9(7-8)19-11(17-18-12(19)20)5-6-13(14,15)16/h3-4,7H,5-6H2,1-2H3,(H,18,20). The van der Waals surface area contributed by atoms with E-state index in [0.717, 1.165) is 4.57 Å². The predicted molar refractivity (Wildman–Crippen MR) is 71.7 cm³/mol. The first-order chi connectivity index (χ1) is 10.4. The van der Waals surface area contributed by atoms with Crippen LogP contribution >= 0.6 is 0 Å². The molecule has 0 fully saturated rings. The fourth-order valence-corrected chi connectivity index (χ4v) is 1.97. The van der Waals surface area contributed by atoms with Crippen molar-refractivity contribution in [3.05, 3.63) is 34.5 Å². The van der Waals surface area contributed by atoms with Crippen LogP contribution in [-0.4, -0.2) is 35.2 Å². The Kier molecular flexibility index (Phi) is 4.43. The highest BCUT2D eigenvalue weighted by Gasteiger charge is 2.28. The van der Waals surface area contributed by atoms with Crippen LogP contribution in [0.25, 0.3) is 5.69 Å². The van der Waals surface area contributed by atoms with Crippen molar-refractivity contribution in [3.8, 4) is 17.2 Å². The Morgan fingerprint density at radius 2 is 2.00 bits per heavy atom. The summed E-state index contributed by atoms with van der Waals surface area (Å²) in [6, 6.07) is 4.66. The number of ether oxygens (including phenoxy) is 2. The van der Waals surface area contributed by atoms with E-state index in [9.17, 15) is 18.0 Å². The monoisotopic (exact) mass is 317 g/mol. The number of H-pyrrole nitrogens is 1. The third-order valence-electron chi connectivity index (χ3n) is 3.00. The Labute approximate surface area is 123 Å². The molecule has 0 radical (unpaired) electrons. The number of nitrogens with zero attached hydrogens (tertiary/aromatic N) is 2. The van der Waals surface area contributed by atoms with Crippen LogP contribution < -0.4 is 15.2 Å². The summed E-state index contributed by atoms with van der Waals surface area (Å²) in [5.41, 5.74) is -0.387. The van der Waals surface area contributed by atoms with Gasteiger partial charge in [0.15, 0.2) is 0 Å². The van der Waals surface area contributed by atoms with E-state index in [4.69, 9.17) is 9.47 Å². The molecule has 0 atom stereocenters. The average molecular weight is 317 g/mol. The van der Waals surface area contributed by atoms with Crippen LogP contribution in [0, 0.1) is 0 Å². The Morgan fingerprint density at radius 1 is 1.27 bits per heavy atom. The van der Waals surface area contributed by atoms with Crippen molar-refractivity contribution in [2.75, 3.05) is 14.2 Å². The van der Waals surface area contributed by atoms with E-state index in [-0.39, 0.29) is 11.5 Å². The van der Waals surface area contributed by atoms with E-state index in [1.165, 1.54) is 20.3 Å². The van der Waals surface area contributed by atoms with E-state index < -0.39 is 24.7 Å². The van der Waals surface area contributed by atoms with Crippen molar-refractivity contribution < 1.29 is 22.6 Å². The summed E-state index contributed by atoms with van der Waals surface area (Å²) in [6.07, 6.45) is -5.84. The van der Waals surface area contributed by atoms with Crippen molar-refractivity contribution in [2.45, 2.75) is 19.0 Å². The van der Waals surface area contributed by atoms with E-state index in [1.807, 2.05) is 0 Å². The molecule has 1 N–H and O–H groups in total. The fourth-order valence-electron chi connectivity index (χ4n) is 1.97. The number of aryl methyl sites for hydroxylation is 1. The number of hydrogen-bond acceptors (Lipinski definition) is 4. The minimum atomic E-state index is -4.34. The molecule has 6 nitrogen and oxygen atoms in total. The molecular weight excluding hydrogens is 303 g/mol. The van der Waals surface area contributed by atoms with Crippen LogP contribution in [0.2, 0.25) is 0 Å². The lowest BCUT2D eigenvalue weighted by molar-refractivity contribution is -0.134. The summed E-state index contributed by atoms with van der Waals surface area (Å²) in [6.45, 7) is 0. The first-order valence-electron chi connectivity index (χ1n) is 6.31. The average Bonchev–Trinajstić information content (AvgIpc) is 2.84. The van der Waals surface area contributed by atoms with Crippen molar-refractivity contribution in [2.24, 2.45) is 0 Å². The minimum Gasteiger partial charge on any atom is -0.497 e. The molecule has 0 amide bonds. The number of rotatable bonds is 5. The van der Waals surface area contributed by atoms with E-state index in [0.29, 0.717) is 11.5 Å². The smallest absolute Gasteiger partial charge is 0.389 e. The van der Waals surface area contributed by atoms with Gasteiger partial charge in [0.25, 0.3) is 0 Å². The molecule has 0 aliphatic carbocycles. The van der Waals surface area contributed by atoms with Crippen LogP contribution in [0.4, 0.5) is 13.2 Å². The van der Waals surface area contributed by atoms with Crippen molar-refractivity contribution in [1.82, 2.24) is 14.8 Å². The van der Waals surface area contributed by atoms with Crippen molar-refractivity contribution in [1.29, 1.82) is 0 Å². The van der Waals surface area contributed by atoms with E-state index in [1.54, 1.807) is 12.1 Å². The summed E-state index contributed by atoms with van der Waals surface area (Å²) >= 11 is 0. The Bertz CT molecular complexity index is 707. The zero-order valence-corrected chi connectivity index (χ0v) is 11.9. The number of alkyl halides is 3. The Hall–Kier alpha value is -2.45. The number of halogens is 3. The van der Waals surface area contributed by atoms with Gasteiger partial charge in [-0.05, 0) is 12.1 Å². The van der Waals surface area contributed by atoms with Gasteiger partial charge in [-0.25, -0.2) is 14.5 Å². The van der Waals surface area contributed by atoms with Crippen LogP contribution in [0.5, 0.6) is 11.5 Å². The Balaban J connectivity index is 2.48. The summed E-state index contributed by atoms with van der Waals surface area (Å²) in [5, 5.41) is 5.81. The van der Waals surface area contributed by atoms with Gasteiger partial charge in [0.05, 0.1) is 26.3 Å². The van der Waals surface area contributed by atoms with Crippen molar-refractivity contribution in [3.63, 3.8) is 0 Å². The van der Waals surface area contributed by atoms with Gasteiger partial charge in [-0.1, -0.05) is 0 Å². The summed E-state index contributed by atoms with van der Waals surface area (Å²) in [5.74, 6) is 0.720. The molecular formula is C13H14F3N3O3. The van der Waals surface area contributed by atoms with Crippen LogP contribution in [-0.2, 0) is 6.42 Å². The normalized spacial score (nSPS) is 11.5. The molecule has 0 aliphatic rings.